The van der Waals surface area contributed by atoms with Gasteiger partial charge in [0.2, 0.25) is 5.91 Å². The lowest BCUT2D eigenvalue weighted by molar-refractivity contribution is -0.124. The lowest BCUT2D eigenvalue weighted by Gasteiger charge is -2.22. The maximum Gasteiger partial charge on any atom is 0.336 e. The van der Waals surface area contributed by atoms with Gasteiger partial charge in [-0.2, -0.15) is 4.72 Å². The van der Waals surface area contributed by atoms with Crippen molar-refractivity contribution in [2.75, 3.05) is 6.54 Å². The maximum absolute atomic E-state index is 12.0. The van der Waals surface area contributed by atoms with Gasteiger partial charge in [0.15, 0.2) is 0 Å². The molecule has 1 fully saturated rings. The molecule has 0 aromatic carbocycles. The second kappa shape index (κ2) is 5.27. The Labute approximate surface area is 113 Å². The molecular formula is C10H12N2O5S2. The second-order valence-electron chi connectivity index (χ2n) is 4.07. The minimum atomic E-state index is -3.86. The summed E-state index contributed by atoms with van der Waals surface area (Å²) in [5.74, 6) is -1.54. The van der Waals surface area contributed by atoms with Gasteiger partial charge in [-0.3, -0.25) is 4.79 Å². The van der Waals surface area contributed by atoms with Crippen molar-refractivity contribution in [3.8, 4) is 0 Å². The number of rotatable bonds is 4. The maximum atomic E-state index is 12.0. The number of hydrogen-bond acceptors (Lipinski definition) is 5. The van der Waals surface area contributed by atoms with E-state index >= 15 is 0 Å². The summed E-state index contributed by atoms with van der Waals surface area (Å²) in [5, 5.41) is 12.6. The molecule has 0 bridgehead atoms. The summed E-state index contributed by atoms with van der Waals surface area (Å²) >= 11 is 0.812. The van der Waals surface area contributed by atoms with E-state index < -0.39 is 22.0 Å². The first-order valence-electron chi connectivity index (χ1n) is 5.52. The van der Waals surface area contributed by atoms with E-state index in [0.717, 1.165) is 17.4 Å². The fraction of sp³-hybridized carbons (Fsp3) is 0.400. The Morgan fingerprint density at radius 2 is 2.26 bits per heavy atom. The van der Waals surface area contributed by atoms with E-state index in [-0.39, 0.29) is 15.7 Å². The van der Waals surface area contributed by atoms with Crippen LogP contribution in [0.25, 0.3) is 0 Å². The number of carbonyl (C=O) groups is 2. The van der Waals surface area contributed by atoms with Crippen LogP contribution >= 0.6 is 11.3 Å². The van der Waals surface area contributed by atoms with Crippen LogP contribution < -0.4 is 10.0 Å². The van der Waals surface area contributed by atoms with E-state index in [1.807, 2.05) is 0 Å². The number of hydrogen-bond donors (Lipinski definition) is 3. The molecule has 104 valence electrons. The highest BCUT2D eigenvalue weighted by Gasteiger charge is 2.28. The SMILES string of the molecule is O=C(O)c1csc(S(=O)(=O)NC2CCCNC2=O)c1. The Kier molecular flexibility index (Phi) is 3.88. The van der Waals surface area contributed by atoms with Gasteiger partial charge in [-0.15, -0.1) is 11.3 Å². The molecule has 0 saturated carbocycles. The molecule has 1 unspecified atom stereocenters. The molecular weight excluding hydrogens is 292 g/mol. The largest absolute Gasteiger partial charge is 0.478 e. The molecule has 1 aromatic heterocycles. The molecule has 1 aromatic rings. The molecule has 1 atom stereocenters. The molecule has 2 rings (SSSR count). The smallest absolute Gasteiger partial charge is 0.336 e. The van der Waals surface area contributed by atoms with Gasteiger partial charge < -0.3 is 10.4 Å². The highest BCUT2D eigenvalue weighted by molar-refractivity contribution is 7.91. The first kappa shape index (κ1) is 14.0. The van der Waals surface area contributed by atoms with E-state index in [1.54, 1.807) is 0 Å². The zero-order valence-corrected chi connectivity index (χ0v) is 11.4. The number of sulfonamides is 1. The van der Waals surface area contributed by atoms with Crippen molar-refractivity contribution in [2.45, 2.75) is 23.1 Å². The summed E-state index contributed by atoms with van der Waals surface area (Å²) in [5.41, 5.74) is -0.0847. The van der Waals surface area contributed by atoms with Crippen LogP contribution in [0.4, 0.5) is 0 Å². The molecule has 1 aliphatic heterocycles. The Bertz CT molecular complexity index is 607. The van der Waals surface area contributed by atoms with Gasteiger partial charge in [0.1, 0.15) is 10.3 Å². The van der Waals surface area contributed by atoms with Crippen molar-refractivity contribution in [3.63, 3.8) is 0 Å². The van der Waals surface area contributed by atoms with Gasteiger partial charge in [0.05, 0.1) is 5.56 Å². The normalized spacial score (nSPS) is 20.0. The number of carbonyl (C=O) groups excluding carboxylic acids is 1. The number of piperidine rings is 1. The van der Waals surface area contributed by atoms with Crippen LogP contribution in [-0.2, 0) is 14.8 Å². The average Bonchev–Trinajstić information content (AvgIpc) is 2.82. The van der Waals surface area contributed by atoms with E-state index in [2.05, 4.69) is 10.0 Å². The van der Waals surface area contributed by atoms with E-state index in [4.69, 9.17) is 5.11 Å². The molecule has 0 aliphatic carbocycles. The first-order chi connectivity index (χ1) is 8.90. The number of carboxylic acids is 1. The molecule has 1 aliphatic rings. The molecule has 9 heteroatoms. The Balaban J connectivity index is 2.17. The highest BCUT2D eigenvalue weighted by Crippen LogP contribution is 2.21. The summed E-state index contributed by atoms with van der Waals surface area (Å²) in [7, 11) is -3.86. The van der Waals surface area contributed by atoms with Gasteiger partial charge in [0, 0.05) is 11.9 Å². The minimum absolute atomic E-state index is 0.0847. The molecule has 2 heterocycles. The number of nitrogens with one attached hydrogen (secondary N) is 2. The number of thiophene rings is 1. The van der Waals surface area contributed by atoms with Crippen LogP contribution in [0, 0.1) is 0 Å². The van der Waals surface area contributed by atoms with E-state index in [9.17, 15) is 18.0 Å². The second-order valence-corrected chi connectivity index (χ2v) is 6.92. The van der Waals surface area contributed by atoms with Crippen LogP contribution in [0.2, 0.25) is 0 Å². The average molecular weight is 304 g/mol. The third-order valence-corrected chi connectivity index (χ3v) is 5.58. The van der Waals surface area contributed by atoms with Crippen LogP contribution in [0.15, 0.2) is 15.7 Å². The zero-order chi connectivity index (χ0) is 14.0. The predicted octanol–water partition coefficient (Wildman–Crippen LogP) is 0.00320. The molecule has 0 spiro atoms. The molecule has 1 amide bonds. The van der Waals surface area contributed by atoms with Gasteiger partial charge in [-0.1, -0.05) is 0 Å². The number of carboxylic acid groups (broad SMARTS) is 1. The first-order valence-corrected chi connectivity index (χ1v) is 7.88. The standard InChI is InChI=1S/C10H12N2O5S2/c13-9-7(2-1-3-11-9)12-19(16,17)8-4-6(5-18-8)10(14)15/h4-5,7,12H,1-3H2,(H,11,13)(H,14,15). The summed E-state index contributed by atoms with van der Waals surface area (Å²) in [6.45, 7) is 0.541. The van der Waals surface area contributed by atoms with Gasteiger partial charge in [0.25, 0.3) is 10.0 Å². The summed E-state index contributed by atoms with van der Waals surface area (Å²) in [6, 6.07) is 0.282. The van der Waals surface area contributed by atoms with Crippen molar-refractivity contribution in [1.29, 1.82) is 0 Å². The molecule has 3 N–H and O–H groups in total. The van der Waals surface area contributed by atoms with Crippen LogP contribution in [0.5, 0.6) is 0 Å². The van der Waals surface area contributed by atoms with Crippen molar-refractivity contribution < 1.29 is 23.1 Å². The van der Waals surface area contributed by atoms with Gasteiger partial charge in [-0.05, 0) is 18.9 Å². The number of aromatic carboxylic acids is 1. The molecule has 7 nitrogen and oxygen atoms in total. The fourth-order valence-corrected chi connectivity index (χ4v) is 4.10. The number of amides is 1. The minimum Gasteiger partial charge on any atom is -0.478 e. The Morgan fingerprint density at radius 1 is 1.53 bits per heavy atom. The quantitative estimate of drug-likeness (QED) is 0.725. The highest BCUT2D eigenvalue weighted by atomic mass is 32.2. The zero-order valence-electron chi connectivity index (χ0n) is 9.75. The fourth-order valence-electron chi connectivity index (χ4n) is 1.70. The lowest BCUT2D eigenvalue weighted by Crippen LogP contribution is -2.49. The van der Waals surface area contributed by atoms with Gasteiger partial charge >= 0.3 is 5.97 Å². The molecule has 1 saturated heterocycles. The molecule has 0 radical (unpaired) electrons. The van der Waals surface area contributed by atoms with Crippen LogP contribution in [0.3, 0.4) is 0 Å². The summed E-state index contributed by atoms with van der Waals surface area (Å²) in [6.07, 6.45) is 1.13. The van der Waals surface area contributed by atoms with E-state index in [0.29, 0.717) is 19.4 Å². The van der Waals surface area contributed by atoms with Crippen molar-refractivity contribution in [3.05, 3.63) is 17.0 Å². The van der Waals surface area contributed by atoms with E-state index in [1.165, 1.54) is 5.38 Å². The third-order valence-electron chi connectivity index (χ3n) is 2.67. The summed E-state index contributed by atoms with van der Waals surface area (Å²) < 4.78 is 26.2. The topological polar surface area (TPSA) is 113 Å². The van der Waals surface area contributed by atoms with Gasteiger partial charge in [-0.25, -0.2) is 13.2 Å². The van der Waals surface area contributed by atoms with Crippen LogP contribution in [0.1, 0.15) is 23.2 Å². The van der Waals surface area contributed by atoms with Crippen molar-refractivity contribution in [2.24, 2.45) is 0 Å². The third kappa shape index (κ3) is 3.11. The molecule has 19 heavy (non-hydrogen) atoms. The lowest BCUT2D eigenvalue weighted by atomic mass is 10.1. The Morgan fingerprint density at radius 3 is 2.84 bits per heavy atom. The van der Waals surface area contributed by atoms with Crippen molar-refractivity contribution in [1.82, 2.24) is 10.0 Å². The predicted molar refractivity (Wildman–Crippen MR) is 67.6 cm³/mol. The van der Waals surface area contributed by atoms with Crippen LogP contribution in [-0.4, -0.2) is 38.0 Å². The Hall–Kier alpha value is -1.45. The van der Waals surface area contributed by atoms with Crippen molar-refractivity contribution >= 4 is 33.2 Å². The monoisotopic (exact) mass is 304 g/mol. The summed E-state index contributed by atoms with van der Waals surface area (Å²) in [4.78, 5) is 22.2.